The molecule has 4 aromatic rings. The minimum absolute atomic E-state index is 0.00305. The molecule has 3 amide bonds. The third kappa shape index (κ3) is 8.86. The molecule has 0 aromatic heterocycles. The van der Waals surface area contributed by atoms with Crippen LogP contribution in [0.5, 0.6) is 11.5 Å². The van der Waals surface area contributed by atoms with Gasteiger partial charge in [-0.2, -0.15) is 0 Å². The maximum absolute atomic E-state index is 13.3. The van der Waals surface area contributed by atoms with Gasteiger partial charge >= 0.3 is 6.09 Å². The van der Waals surface area contributed by atoms with Gasteiger partial charge in [-0.25, -0.2) is 9.69 Å². The van der Waals surface area contributed by atoms with E-state index in [9.17, 15) is 14.4 Å². The van der Waals surface area contributed by atoms with E-state index >= 15 is 0 Å². The van der Waals surface area contributed by atoms with E-state index in [0.29, 0.717) is 35.3 Å². The van der Waals surface area contributed by atoms with Crippen LogP contribution >= 0.6 is 46.4 Å². The lowest BCUT2D eigenvalue weighted by Crippen LogP contribution is -2.41. The predicted octanol–water partition coefficient (Wildman–Crippen LogP) is 12.1. The fraction of sp³-hybridized carbons (Fsp3) is 0.438. The maximum Gasteiger partial charge on any atom is 0.417 e. The van der Waals surface area contributed by atoms with E-state index < -0.39 is 11.7 Å². The number of amides is 3. The Morgan fingerprint density at radius 2 is 1.22 bits per heavy atom. The van der Waals surface area contributed by atoms with Gasteiger partial charge in [-0.1, -0.05) is 89.7 Å². The number of halogens is 4. The quantitative estimate of drug-likeness (QED) is 0.207. The average molecular weight is 895 g/mol. The van der Waals surface area contributed by atoms with Crippen LogP contribution in [0.1, 0.15) is 99.3 Å². The molecule has 318 valence electrons. The largest absolute Gasteiger partial charge is 0.497 e. The second kappa shape index (κ2) is 17.8. The van der Waals surface area contributed by atoms with Gasteiger partial charge in [0, 0.05) is 39.1 Å². The standard InChI is InChI=1S/C26H29Cl2NO4.C22H23Cl2NO2/c1-26(2,3)33-25(31)29-14-21-20(24(29)30)12-11-19(18-10-9-17(32-4)13-22(18)28)23(21)15-5-7-16(27)8-6-15;1-22-10-9-17(16-8-7-15(27-2)11-19(16)24)20(18(22)12-25-21(22)26)13-3-5-14(23)6-4-13/h5-10,13,19-21,23H,11-12,14H2,1-4H3;3-8,11,17-18,20H,9-10,12H2,1-2H3,(H,25,26)/t19-,20-,21+,23-;17-,18-,20-,22+/m00/s1. The third-order valence-corrected chi connectivity index (χ3v) is 14.3. The number of imide groups is 1. The number of benzene rings is 4. The zero-order valence-electron chi connectivity index (χ0n) is 34.8. The van der Waals surface area contributed by atoms with E-state index in [1.165, 1.54) is 10.5 Å². The molecule has 2 heterocycles. The van der Waals surface area contributed by atoms with Gasteiger partial charge in [-0.15, -0.1) is 0 Å². The van der Waals surface area contributed by atoms with Gasteiger partial charge < -0.3 is 19.5 Å². The van der Waals surface area contributed by atoms with Gasteiger partial charge in [0.15, 0.2) is 0 Å². The number of nitrogens with one attached hydrogen (secondary N) is 1. The van der Waals surface area contributed by atoms with Crippen molar-refractivity contribution >= 4 is 64.3 Å². The molecule has 8 atom stereocenters. The van der Waals surface area contributed by atoms with Crippen LogP contribution in [-0.2, 0) is 14.3 Å². The van der Waals surface area contributed by atoms with Crippen LogP contribution in [0.2, 0.25) is 20.1 Å². The Morgan fingerprint density at radius 1 is 0.717 bits per heavy atom. The molecule has 2 saturated heterocycles. The number of likely N-dealkylation sites (tertiary alicyclic amines) is 1. The summed E-state index contributed by atoms with van der Waals surface area (Å²) < 4.78 is 16.2. The Bertz CT molecular complexity index is 2230. The van der Waals surface area contributed by atoms with Crippen molar-refractivity contribution in [1.29, 1.82) is 0 Å². The van der Waals surface area contributed by atoms with Crippen molar-refractivity contribution in [2.45, 2.75) is 82.7 Å². The smallest absolute Gasteiger partial charge is 0.417 e. The molecule has 12 heteroatoms. The Labute approximate surface area is 373 Å². The van der Waals surface area contributed by atoms with Gasteiger partial charge in [0.1, 0.15) is 17.1 Å². The molecule has 60 heavy (non-hydrogen) atoms. The molecule has 8 rings (SSSR count). The molecule has 1 N–H and O–H groups in total. The predicted molar refractivity (Wildman–Crippen MR) is 238 cm³/mol. The highest BCUT2D eigenvalue weighted by molar-refractivity contribution is 6.32. The van der Waals surface area contributed by atoms with Crippen LogP contribution in [0.4, 0.5) is 4.79 Å². The van der Waals surface area contributed by atoms with Crippen molar-refractivity contribution in [3.63, 3.8) is 0 Å². The SMILES string of the molecule is COc1ccc([C@@H]2CC[C@@H]3C(=O)N(C(=O)OC(C)(C)C)C[C@H]3[C@H]2c2ccc(Cl)cc2)c(Cl)c1.COc1ccc([C@@H]2CC[C@@]3(C)C(=O)NC[C@H]3[C@H]2c2ccc(Cl)cc2)c(Cl)c1. The van der Waals surface area contributed by atoms with Crippen molar-refractivity contribution in [3.8, 4) is 11.5 Å². The summed E-state index contributed by atoms with van der Waals surface area (Å²) in [5.41, 5.74) is 3.45. The Balaban J connectivity index is 0.000000185. The molecular weight excluding hydrogens is 842 g/mol. The number of ether oxygens (including phenoxy) is 3. The fourth-order valence-electron chi connectivity index (χ4n) is 10.3. The lowest BCUT2D eigenvalue weighted by Gasteiger charge is -2.45. The summed E-state index contributed by atoms with van der Waals surface area (Å²) in [6.07, 6.45) is 2.69. The number of hydrogen-bond acceptors (Lipinski definition) is 6. The Hall–Kier alpha value is -3.95. The lowest BCUT2D eigenvalue weighted by atomic mass is 9.57. The monoisotopic (exact) mass is 892 g/mol. The number of rotatable bonds is 6. The average Bonchev–Trinajstić information content (AvgIpc) is 3.72. The van der Waals surface area contributed by atoms with E-state index in [2.05, 4.69) is 30.4 Å². The van der Waals surface area contributed by atoms with Crippen molar-refractivity contribution in [2.24, 2.45) is 23.2 Å². The molecule has 4 aromatic carbocycles. The molecule has 4 fully saturated rings. The summed E-state index contributed by atoms with van der Waals surface area (Å²) in [4.78, 5) is 39.9. The number of fused-ring (bicyclic) bond motifs is 2. The number of hydrogen-bond donors (Lipinski definition) is 1. The second-order valence-corrected chi connectivity index (χ2v) is 19.4. The summed E-state index contributed by atoms with van der Waals surface area (Å²) in [7, 11) is 3.26. The number of nitrogens with zero attached hydrogens (tertiary/aromatic N) is 1. The lowest BCUT2D eigenvalue weighted by molar-refractivity contribution is -0.131. The zero-order chi connectivity index (χ0) is 43.1. The van der Waals surface area contributed by atoms with Crippen molar-refractivity contribution in [2.75, 3.05) is 27.3 Å². The number of carbonyl (C=O) groups is 3. The van der Waals surface area contributed by atoms with Crippen LogP contribution in [0.15, 0.2) is 84.9 Å². The molecule has 2 aliphatic heterocycles. The van der Waals surface area contributed by atoms with E-state index in [1.807, 2.05) is 66.7 Å². The van der Waals surface area contributed by atoms with Crippen LogP contribution in [0.25, 0.3) is 0 Å². The molecular formula is C48H52Cl4N2O6. The maximum atomic E-state index is 13.3. The Kier molecular flexibility index (Phi) is 13.1. The normalized spacial score (nSPS) is 27.2. The van der Waals surface area contributed by atoms with Gasteiger partial charge in [0.05, 0.1) is 19.6 Å². The van der Waals surface area contributed by atoms with Crippen molar-refractivity contribution < 1.29 is 28.6 Å². The molecule has 2 saturated carbocycles. The van der Waals surface area contributed by atoms with E-state index in [0.717, 1.165) is 51.7 Å². The number of methoxy groups -OCH3 is 2. The highest BCUT2D eigenvalue weighted by Gasteiger charge is 2.55. The van der Waals surface area contributed by atoms with Crippen molar-refractivity contribution in [1.82, 2.24) is 10.2 Å². The first-order valence-electron chi connectivity index (χ1n) is 20.5. The summed E-state index contributed by atoms with van der Waals surface area (Å²) in [6, 6.07) is 27.5. The molecule has 2 aliphatic carbocycles. The second-order valence-electron chi connectivity index (χ2n) is 17.7. The van der Waals surface area contributed by atoms with Crippen LogP contribution in [0, 0.1) is 23.2 Å². The van der Waals surface area contributed by atoms with Gasteiger partial charge in [0.2, 0.25) is 11.8 Å². The van der Waals surface area contributed by atoms with Gasteiger partial charge in [0.25, 0.3) is 0 Å². The topological polar surface area (TPSA) is 94.2 Å². The summed E-state index contributed by atoms with van der Waals surface area (Å²) >= 11 is 25.6. The summed E-state index contributed by atoms with van der Waals surface area (Å²) in [5.74, 6) is 1.98. The zero-order valence-corrected chi connectivity index (χ0v) is 37.8. The van der Waals surface area contributed by atoms with Gasteiger partial charge in [-0.3, -0.25) is 9.59 Å². The van der Waals surface area contributed by atoms with Crippen LogP contribution in [-0.4, -0.2) is 55.7 Å². The fourth-order valence-corrected chi connectivity index (χ4v) is 11.1. The van der Waals surface area contributed by atoms with E-state index in [4.69, 9.17) is 60.6 Å². The first-order chi connectivity index (χ1) is 28.5. The third-order valence-electron chi connectivity index (χ3n) is 13.2. The Morgan fingerprint density at radius 3 is 1.72 bits per heavy atom. The number of carbonyl (C=O) groups excluding carboxylic acids is 3. The summed E-state index contributed by atoms with van der Waals surface area (Å²) in [6.45, 7) is 8.54. The molecule has 0 bridgehead atoms. The minimum Gasteiger partial charge on any atom is -0.497 e. The molecule has 0 spiro atoms. The van der Waals surface area contributed by atoms with Gasteiger partial charge in [-0.05, 0) is 153 Å². The first-order valence-corrected chi connectivity index (χ1v) is 22.0. The molecule has 0 unspecified atom stereocenters. The summed E-state index contributed by atoms with van der Waals surface area (Å²) in [5, 5.41) is 5.84. The molecule has 0 radical (unpaired) electrons. The first kappa shape index (κ1) is 44.1. The van der Waals surface area contributed by atoms with E-state index in [1.54, 1.807) is 35.0 Å². The van der Waals surface area contributed by atoms with Crippen LogP contribution in [0.3, 0.4) is 0 Å². The van der Waals surface area contributed by atoms with Crippen molar-refractivity contribution in [3.05, 3.63) is 127 Å². The molecule has 8 nitrogen and oxygen atoms in total. The minimum atomic E-state index is -0.667. The highest BCUT2D eigenvalue weighted by atomic mass is 35.5. The highest BCUT2D eigenvalue weighted by Crippen LogP contribution is 2.58. The van der Waals surface area contributed by atoms with E-state index in [-0.39, 0.29) is 58.7 Å². The molecule has 4 aliphatic rings. The van der Waals surface area contributed by atoms with Crippen LogP contribution < -0.4 is 14.8 Å².